The molecule has 4 rings (SSSR count). The van der Waals surface area contributed by atoms with Crippen molar-refractivity contribution in [3.63, 3.8) is 0 Å². The van der Waals surface area contributed by atoms with Gasteiger partial charge in [0.1, 0.15) is 0 Å². The molecule has 2 aliphatic rings. The van der Waals surface area contributed by atoms with Gasteiger partial charge in [-0.3, -0.25) is 9.78 Å². The molecule has 1 aromatic carbocycles. The van der Waals surface area contributed by atoms with E-state index in [1.807, 2.05) is 6.07 Å². The molecule has 1 atom stereocenters. The van der Waals surface area contributed by atoms with E-state index >= 15 is 0 Å². The summed E-state index contributed by atoms with van der Waals surface area (Å²) in [5.74, 6) is 0.304. The predicted octanol–water partition coefficient (Wildman–Crippen LogP) is 3.28. The van der Waals surface area contributed by atoms with E-state index in [1.54, 1.807) is 0 Å². The Bertz CT molecular complexity index is 767. The van der Waals surface area contributed by atoms with Crippen molar-refractivity contribution >= 4 is 22.5 Å². The summed E-state index contributed by atoms with van der Waals surface area (Å²) in [5, 5.41) is 4.84. The minimum absolute atomic E-state index is 0.207. The summed E-state index contributed by atoms with van der Waals surface area (Å²) in [6.45, 7) is 5.08. The Morgan fingerprint density at radius 1 is 1.30 bits per heavy atom. The van der Waals surface area contributed by atoms with Crippen LogP contribution in [-0.2, 0) is 11.2 Å². The maximum Gasteiger partial charge on any atom is 0.225 e. The Balaban J connectivity index is 1.69. The number of nitrogens with one attached hydrogen (secondary N) is 1. The van der Waals surface area contributed by atoms with Crippen molar-refractivity contribution in [3.05, 3.63) is 35.5 Å². The topological polar surface area (TPSA) is 45.2 Å². The fourth-order valence-electron chi connectivity index (χ4n) is 3.74. The molecule has 1 aromatic heterocycles. The van der Waals surface area contributed by atoms with Crippen molar-refractivity contribution in [2.45, 2.75) is 51.6 Å². The van der Waals surface area contributed by atoms with Crippen LogP contribution in [0.3, 0.4) is 0 Å². The van der Waals surface area contributed by atoms with Crippen LogP contribution in [0.4, 0.5) is 5.69 Å². The van der Waals surface area contributed by atoms with Gasteiger partial charge in [0, 0.05) is 35.8 Å². The zero-order valence-corrected chi connectivity index (χ0v) is 13.8. The highest BCUT2D eigenvalue weighted by atomic mass is 16.2. The third kappa shape index (κ3) is 2.56. The van der Waals surface area contributed by atoms with Crippen molar-refractivity contribution in [3.8, 4) is 0 Å². The van der Waals surface area contributed by atoms with Crippen LogP contribution in [0.2, 0.25) is 0 Å². The molecule has 0 radical (unpaired) electrons. The molecular formula is C19H23N3O. The molecule has 23 heavy (non-hydrogen) atoms. The standard InChI is InChI=1S/C19H23N3O/c1-3-15-12(2)20-17-7-5-4-6-16(17)19(15)21-13-10-18(23)22(11-13)14-8-9-14/h4-7,13-14H,3,8-11H2,1-2H3,(H,20,21). The normalized spacial score (nSPS) is 21.2. The second kappa shape index (κ2) is 5.52. The smallest absolute Gasteiger partial charge is 0.225 e. The van der Waals surface area contributed by atoms with Crippen LogP contribution in [0.15, 0.2) is 24.3 Å². The van der Waals surface area contributed by atoms with E-state index in [-0.39, 0.29) is 6.04 Å². The van der Waals surface area contributed by atoms with Gasteiger partial charge < -0.3 is 10.2 Å². The lowest BCUT2D eigenvalue weighted by Gasteiger charge is -2.21. The predicted molar refractivity (Wildman–Crippen MR) is 92.6 cm³/mol. The molecule has 1 saturated carbocycles. The average Bonchev–Trinajstić information content (AvgIpc) is 3.31. The number of nitrogens with zero attached hydrogens (tertiary/aromatic N) is 2. The lowest BCUT2D eigenvalue weighted by molar-refractivity contribution is -0.128. The fourth-order valence-corrected chi connectivity index (χ4v) is 3.74. The summed E-state index contributed by atoms with van der Waals surface area (Å²) in [7, 11) is 0. The number of hydrogen-bond donors (Lipinski definition) is 1. The Labute approximate surface area is 136 Å². The maximum atomic E-state index is 12.2. The lowest BCUT2D eigenvalue weighted by atomic mass is 10.0. The number of aromatic nitrogens is 1. The highest BCUT2D eigenvalue weighted by molar-refractivity contribution is 5.94. The molecule has 2 heterocycles. The van der Waals surface area contributed by atoms with Crippen LogP contribution in [0.25, 0.3) is 10.9 Å². The molecule has 0 bridgehead atoms. The summed E-state index contributed by atoms with van der Waals surface area (Å²) >= 11 is 0. The van der Waals surface area contributed by atoms with Crippen LogP contribution in [-0.4, -0.2) is 34.4 Å². The first-order chi connectivity index (χ1) is 11.2. The summed E-state index contributed by atoms with van der Waals surface area (Å²) < 4.78 is 0. The van der Waals surface area contributed by atoms with E-state index in [4.69, 9.17) is 4.98 Å². The number of likely N-dealkylation sites (tertiary alicyclic amines) is 1. The molecule has 4 heteroatoms. The lowest BCUT2D eigenvalue weighted by Crippen LogP contribution is -2.30. The number of amides is 1. The van der Waals surface area contributed by atoms with Gasteiger partial charge >= 0.3 is 0 Å². The zero-order chi connectivity index (χ0) is 16.0. The molecule has 2 aromatic rings. The minimum Gasteiger partial charge on any atom is -0.379 e. The number of pyridine rings is 1. The third-order valence-corrected chi connectivity index (χ3v) is 5.05. The van der Waals surface area contributed by atoms with Gasteiger partial charge in [-0.1, -0.05) is 25.1 Å². The first-order valence-corrected chi connectivity index (χ1v) is 8.61. The minimum atomic E-state index is 0.207. The maximum absolute atomic E-state index is 12.2. The molecule has 1 amide bonds. The summed E-state index contributed by atoms with van der Waals surface area (Å²) in [4.78, 5) is 19.0. The number of aryl methyl sites for hydroxylation is 1. The SMILES string of the molecule is CCc1c(C)nc2ccccc2c1NC1CC(=O)N(C2CC2)C1. The molecule has 1 N–H and O–H groups in total. The number of para-hydroxylation sites is 1. The highest BCUT2D eigenvalue weighted by Crippen LogP contribution is 2.34. The van der Waals surface area contributed by atoms with E-state index in [0.717, 1.165) is 29.6 Å². The summed E-state index contributed by atoms with van der Waals surface area (Å²) in [6, 6.07) is 8.98. The van der Waals surface area contributed by atoms with E-state index in [9.17, 15) is 4.79 Å². The number of benzene rings is 1. The van der Waals surface area contributed by atoms with Gasteiger partial charge in [-0.05, 0) is 37.8 Å². The Hall–Kier alpha value is -2.10. The highest BCUT2D eigenvalue weighted by Gasteiger charge is 2.39. The van der Waals surface area contributed by atoms with Crippen molar-refractivity contribution in [2.75, 3.05) is 11.9 Å². The Morgan fingerprint density at radius 2 is 2.09 bits per heavy atom. The van der Waals surface area contributed by atoms with Crippen LogP contribution in [0.5, 0.6) is 0 Å². The van der Waals surface area contributed by atoms with Crippen molar-refractivity contribution in [1.29, 1.82) is 0 Å². The second-order valence-corrected chi connectivity index (χ2v) is 6.74. The van der Waals surface area contributed by atoms with Crippen LogP contribution in [0, 0.1) is 6.92 Å². The van der Waals surface area contributed by atoms with E-state index in [2.05, 4.69) is 42.3 Å². The average molecular weight is 309 g/mol. The first kappa shape index (κ1) is 14.5. The number of rotatable bonds is 4. The molecule has 120 valence electrons. The van der Waals surface area contributed by atoms with Crippen molar-refractivity contribution in [1.82, 2.24) is 9.88 Å². The molecular weight excluding hydrogens is 286 g/mol. The number of fused-ring (bicyclic) bond motifs is 1. The molecule has 0 spiro atoms. The van der Waals surface area contributed by atoms with Crippen LogP contribution >= 0.6 is 0 Å². The summed E-state index contributed by atoms with van der Waals surface area (Å²) in [6.07, 6.45) is 3.90. The molecule has 1 unspecified atom stereocenters. The number of carbonyl (C=O) groups is 1. The molecule has 1 aliphatic heterocycles. The monoisotopic (exact) mass is 309 g/mol. The quantitative estimate of drug-likeness (QED) is 0.942. The van der Waals surface area contributed by atoms with E-state index in [1.165, 1.54) is 24.1 Å². The van der Waals surface area contributed by atoms with Crippen molar-refractivity contribution in [2.24, 2.45) is 0 Å². The van der Waals surface area contributed by atoms with Gasteiger partial charge in [-0.2, -0.15) is 0 Å². The third-order valence-electron chi connectivity index (χ3n) is 5.05. The van der Waals surface area contributed by atoms with Gasteiger partial charge in [0.2, 0.25) is 5.91 Å². The number of carbonyl (C=O) groups excluding carboxylic acids is 1. The largest absolute Gasteiger partial charge is 0.379 e. The molecule has 4 nitrogen and oxygen atoms in total. The van der Waals surface area contributed by atoms with Gasteiger partial charge in [-0.25, -0.2) is 0 Å². The Morgan fingerprint density at radius 3 is 2.83 bits per heavy atom. The summed E-state index contributed by atoms with van der Waals surface area (Å²) in [5.41, 5.74) is 4.54. The molecule has 1 aliphatic carbocycles. The molecule has 1 saturated heterocycles. The zero-order valence-electron chi connectivity index (χ0n) is 13.8. The van der Waals surface area contributed by atoms with E-state index in [0.29, 0.717) is 18.4 Å². The number of anilines is 1. The van der Waals surface area contributed by atoms with Crippen LogP contribution < -0.4 is 5.32 Å². The van der Waals surface area contributed by atoms with Gasteiger partial charge in [0.25, 0.3) is 0 Å². The van der Waals surface area contributed by atoms with Gasteiger partial charge in [0.05, 0.1) is 11.6 Å². The van der Waals surface area contributed by atoms with Crippen LogP contribution in [0.1, 0.15) is 37.4 Å². The molecule has 2 fully saturated rings. The van der Waals surface area contributed by atoms with Gasteiger partial charge in [0.15, 0.2) is 0 Å². The fraction of sp³-hybridized carbons (Fsp3) is 0.474. The van der Waals surface area contributed by atoms with E-state index < -0.39 is 0 Å². The van der Waals surface area contributed by atoms with Crippen molar-refractivity contribution < 1.29 is 4.79 Å². The number of hydrogen-bond acceptors (Lipinski definition) is 3. The Kier molecular flexibility index (Phi) is 3.47. The first-order valence-electron chi connectivity index (χ1n) is 8.61. The second-order valence-electron chi connectivity index (χ2n) is 6.74. The van der Waals surface area contributed by atoms with Gasteiger partial charge in [-0.15, -0.1) is 0 Å².